The summed E-state index contributed by atoms with van der Waals surface area (Å²) in [5.74, 6) is 0.900. The number of aryl methyl sites for hydroxylation is 1. The maximum absolute atomic E-state index is 9.02. The van der Waals surface area contributed by atoms with Crippen molar-refractivity contribution < 1.29 is 14.6 Å². The van der Waals surface area contributed by atoms with Crippen LogP contribution in [-0.2, 0) is 0 Å². The number of benzene rings is 1. The second-order valence-electron chi connectivity index (χ2n) is 4.23. The molecule has 0 radical (unpaired) electrons. The van der Waals surface area contributed by atoms with E-state index >= 15 is 0 Å². The van der Waals surface area contributed by atoms with Gasteiger partial charge in [-0.2, -0.15) is 4.98 Å². The van der Waals surface area contributed by atoms with Gasteiger partial charge in [0.2, 0.25) is 11.8 Å². The highest BCUT2D eigenvalue weighted by Crippen LogP contribution is 2.27. The predicted octanol–water partition coefficient (Wildman–Crippen LogP) is 1.55. The number of nitrogen functional groups attached to an aromatic ring is 3. The van der Waals surface area contributed by atoms with Gasteiger partial charge in [-0.3, -0.25) is 0 Å². The van der Waals surface area contributed by atoms with Crippen molar-refractivity contribution in [1.29, 1.82) is 0 Å². The minimum atomic E-state index is 0.259. The van der Waals surface area contributed by atoms with Gasteiger partial charge in [0.05, 0.1) is 25.6 Å². The molecule has 7 heteroatoms. The topological polar surface area (TPSA) is 130 Å². The van der Waals surface area contributed by atoms with Crippen LogP contribution in [0.25, 0.3) is 0 Å². The van der Waals surface area contributed by atoms with E-state index in [4.69, 9.17) is 31.8 Å². The Kier molecular flexibility index (Phi) is 5.48. The summed E-state index contributed by atoms with van der Waals surface area (Å²) in [5, 5.41) is 9.02. The zero-order chi connectivity index (χ0) is 16.0. The van der Waals surface area contributed by atoms with Gasteiger partial charge in [-0.1, -0.05) is 6.07 Å². The summed E-state index contributed by atoms with van der Waals surface area (Å²) in [4.78, 5) is 3.91. The van der Waals surface area contributed by atoms with E-state index in [1.54, 1.807) is 18.2 Å². The minimum Gasteiger partial charge on any atom is -0.508 e. The van der Waals surface area contributed by atoms with Crippen molar-refractivity contribution in [2.24, 2.45) is 0 Å². The molecule has 0 fully saturated rings. The zero-order valence-corrected chi connectivity index (χ0v) is 12.3. The minimum absolute atomic E-state index is 0.259. The number of hydrogen-bond donors (Lipinski definition) is 4. The Morgan fingerprint density at radius 2 is 1.48 bits per heavy atom. The van der Waals surface area contributed by atoms with Gasteiger partial charge in [-0.25, -0.2) is 0 Å². The molecule has 0 bridgehead atoms. The van der Waals surface area contributed by atoms with Crippen LogP contribution in [0.1, 0.15) is 5.56 Å². The van der Waals surface area contributed by atoms with Crippen molar-refractivity contribution in [3.8, 4) is 17.5 Å². The van der Waals surface area contributed by atoms with Crippen LogP contribution in [-0.4, -0.2) is 24.3 Å². The molecule has 0 amide bonds. The Morgan fingerprint density at radius 1 is 0.952 bits per heavy atom. The lowest BCUT2D eigenvalue weighted by molar-refractivity contribution is 0.368. The van der Waals surface area contributed by atoms with E-state index in [-0.39, 0.29) is 5.75 Å². The quantitative estimate of drug-likeness (QED) is 0.618. The number of rotatable bonds is 2. The highest BCUT2D eigenvalue weighted by atomic mass is 16.5. The van der Waals surface area contributed by atoms with Crippen molar-refractivity contribution in [1.82, 2.24) is 4.98 Å². The molecule has 0 unspecified atom stereocenters. The molecular formula is C14H20N4O3. The van der Waals surface area contributed by atoms with E-state index in [9.17, 15) is 0 Å². The van der Waals surface area contributed by atoms with Gasteiger partial charge >= 0.3 is 0 Å². The molecule has 0 aliphatic carbocycles. The van der Waals surface area contributed by atoms with Crippen LogP contribution in [0, 0.1) is 6.92 Å². The van der Waals surface area contributed by atoms with E-state index in [1.165, 1.54) is 20.3 Å². The van der Waals surface area contributed by atoms with E-state index in [0.717, 1.165) is 5.56 Å². The molecule has 2 aromatic rings. The highest BCUT2D eigenvalue weighted by molar-refractivity contribution is 5.62. The van der Waals surface area contributed by atoms with Gasteiger partial charge in [0.1, 0.15) is 5.75 Å². The maximum Gasteiger partial charge on any atom is 0.240 e. The third kappa shape index (κ3) is 4.34. The summed E-state index contributed by atoms with van der Waals surface area (Å²) >= 11 is 0. The number of ether oxygens (including phenoxy) is 2. The zero-order valence-electron chi connectivity index (χ0n) is 12.3. The van der Waals surface area contributed by atoms with Crippen LogP contribution in [0.2, 0.25) is 0 Å². The molecular weight excluding hydrogens is 272 g/mol. The van der Waals surface area contributed by atoms with Crippen molar-refractivity contribution >= 4 is 17.1 Å². The van der Waals surface area contributed by atoms with Gasteiger partial charge in [0, 0.05) is 11.8 Å². The van der Waals surface area contributed by atoms with E-state index < -0.39 is 0 Å². The Labute approximate surface area is 123 Å². The highest BCUT2D eigenvalue weighted by Gasteiger charge is 2.07. The first-order valence-electron chi connectivity index (χ1n) is 6.08. The number of nitrogens with zero attached hydrogens (tertiary/aromatic N) is 1. The Morgan fingerprint density at radius 3 is 1.86 bits per heavy atom. The molecule has 7 nitrogen and oxygen atoms in total. The normalized spacial score (nSPS) is 9.48. The summed E-state index contributed by atoms with van der Waals surface area (Å²) in [6.07, 6.45) is 0. The number of aromatic nitrogens is 1. The first-order chi connectivity index (χ1) is 9.88. The molecule has 1 aromatic carbocycles. The largest absolute Gasteiger partial charge is 0.508 e. The fourth-order valence-corrected chi connectivity index (χ4v) is 1.47. The van der Waals surface area contributed by atoms with Crippen LogP contribution in [0.3, 0.4) is 0 Å². The number of anilines is 3. The number of pyridine rings is 1. The summed E-state index contributed by atoms with van der Waals surface area (Å²) in [7, 11) is 2.96. The van der Waals surface area contributed by atoms with Crippen molar-refractivity contribution in [3.05, 3.63) is 29.8 Å². The number of phenols is 1. The lowest BCUT2D eigenvalue weighted by Crippen LogP contribution is -2.01. The number of aromatic hydroxyl groups is 1. The average molecular weight is 292 g/mol. The van der Waals surface area contributed by atoms with Gasteiger partial charge in [-0.05, 0) is 24.6 Å². The third-order valence-electron chi connectivity index (χ3n) is 2.63. The number of phenolic OH excluding ortho intramolecular Hbond substituents is 1. The summed E-state index contributed by atoms with van der Waals surface area (Å²) in [6, 6.07) is 6.62. The summed E-state index contributed by atoms with van der Waals surface area (Å²) in [5.41, 5.74) is 18.7. The average Bonchev–Trinajstić information content (AvgIpc) is 2.44. The molecule has 114 valence electrons. The lowest BCUT2D eigenvalue weighted by Gasteiger charge is -2.07. The van der Waals surface area contributed by atoms with E-state index in [0.29, 0.717) is 28.8 Å². The molecule has 0 aliphatic rings. The van der Waals surface area contributed by atoms with Crippen LogP contribution < -0.4 is 26.7 Å². The number of methoxy groups -OCH3 is 2. The van der Waals surface area contributed by atoms with Crippen molar-refractivity contribution in [2.75, 3.05) is 31.4 Å². The lowest BCUT2D eigenvalue weighted by atomic mass is 10.2. The molecule has 21 heavy (non-hydrogen) atoms. The molecule has 0 saturated heterocycles. The molecule has 1 heterocycles. The van der Waals surface area contributed by atoms with Crippen LogP contribution in [0.4, 0.5) is 17.1 Å². The van der Waals surface area contributed by atoms with Gasteiger partial charge < -0.3 is 31.8 Å². The van der Waals surface area contributed by atoms with Gasteiger partial charge in [-0.15, -0.1) is 0 Å². The van der Waals surface area contributed by atoms with Crippen LogP contribution in [0.15, 0.2) is 24.3 Å². The monoisotopic (exact) mass is 292 g/mol. The predicted molar refractivity (Wildman–Crippen MR) is 83.4 cm³/mol. The molecule has 1 aromatic heterocycles. The molecule has 0 atom stereocenters. The Balaban J connectivity index is 0.000000219. The van der Waals surface area contributed by atoms with E-state index in [2.05, 4.69) is 4.98 Å². The van der Waals surface area contributed by atoms with E-state index in [1.807, 2.05) is 6.92 Å². The molecule has 2 rings (SSSR count). The number of hydrogen-bond acceptors (Lipinski definition) is 7. The summed E-state index contributed by atoms with van der Waals surface area (Å²) < 4.78 is 9.74. The van der Waals surface area contributed by atoms with Crippen LogP contribution in [0.5, 0.6) is 17.5 Å². The smallest absolute Gasteiger partial charge is 0.240 e. The van der Waals surface area contributed by atoms with Crippen LogP contribution >= 0.6 is 0 Å². The van der Waals surface area contributed by atoms with Crippen molar-refractivity contribution in [3.63, 3.8) is 0 Å². The molecule has 7 N–H and O–H groups in total. The third-order valence-corrected chi connectivity index (χ3v) is 2.63. The molecule has 0 aliphatic heterocycles. The second kappa shape index (κ2) is 7.09. The fraction of sp³-hybridized carbons (Fsp3) is 0.214. The molecule has 0 spiro atoms. The second-order valence-corrected chi connectivity index (χ2v) is 4.23. The van der Waals surface area contributed by atoms with Crippen molar-refractivity contribution in [2.45, 2.75) is 6.92 Å². The molecule has 0 saturated carbocycles. The summed E-state index contributed by atoms with van der Waals surface area (Å²) in [6.45, 7) is 1.83. The SMILES string of the molecule is COc1nc(OC)c(N)cc1N.Cc1ccc(N)cc1O. The Hall–Kier alpha value is -2.83. The van der Waals surface area contributed by atoms with Gasteiger partial charge in [0.25, 0.3) is 0 Å². The number of nitrogens with two attached hydrogens (primary N) is 3. The fourth-order valence-electron chi connectivity index (χ4n) is 1.47. The van der Waals surface area contributed by atoms with Gasteiger partial charge in [0.15, 0.2) is 0 Å². The first kappa shape index (κ1) is 16.2. The maximum atomic E-state index is 9.02. The standard InChI is InChI=1S/C7H11N3O2.C7H9NO/c1-11-6-4(8)3-5(9)7(10-6)12-2;1-5-2-3-6(8)4-7(5)9/h3H,8-9H2,1-2H3;2-4,9H,8H2,1H3. The first-order valence-corrected chi connectivity index (χ1v) is 6.08. The Bertz CT molecular complexity index is 592.